The van der Waals surface area contributed by atoms with Crippen LogP contribution in [0.25, 0.3) is 0 Å². The van der Waals surface area contributed by atoms with Crippen LogP contribution in [-0.2, 0) is 12.0 Å². The Morgan fingerprint density at radius 3 is 2.38 bits per heavy atom. The van der Waals surface area contributed by atoms with E-state index >= 15 is 0 Å². The number of benzene rings is 1. The molecule has 2 aromatic heterocycles. The molecule has 2 amide bonds. The highest BCUT2D eigenvalue weighted by molar-refractivity contribution is 7.99. The van der Waals surface area contributed by atoms with Gasteiger partial charge < -0.3 is 10.2 Å². The number of nitrogens with zero attached hydrogens (tertiary/aromatic N) is 4. The fourth-order valence-corrected chi connectivity index (χ4v) is 6.47. The van der Waals surface area contributed by atoms with E-state index in [1.54, 1.807) is 0 Å². The largest absolute Gasteiger partial charge is 0.334 e. The molecule has 2 unspecified atom stereocenters. The van der Waals surface area contributed by atoms with Gasteiger partial charge in [0.05, 0.1) is 11.7 Å². The minimum absolute atomic E-state index is 0.000231. The van der Waals surface area contributed by atoms with Crippen LogP contribution < -0.4 is 5.32 Å². The Hall–Kier alpha value is -2.80. The molecule has 3 aliphatic rings. The first kappa shape index (κ1) is 26.4. The van der Waals surface area contributed by atoms with E-state index in [0.29, 0.717) is 31.6 Å². The molecular weight excluding hydrogens is 502 g/mol. The van der Waals surface area contributed by atoms with Gasteiger partial charge >= 0.3 is 6.03 Å². The fraction of sp³-hybridized carbons (Fsp3) is 0.531. The number of likely N-dealkylation sites (tertiary alicyclic amines) is 1. The van der Waals surface area contributed by atoms with E-state index in [2.05, 4.69) is 86.4 Å². The lowest BCUT2D eigenvalue weighted by molar-refractivity contribution is 0.207. The number of carbonyl (C=O) groups excluding carboxylic acids is 1. The number of aromatic nitrogens is 3. The molecule has 3 heterocycles. The van der Waals surface area contributed by atoms with Crippen LogP contribution in [0.3, 0.4) is 0 Å². The molecule has 3 fully saturated rings. The van der Waals surface area contributed by atoms with Gasteiger partial charge in [0.25, 0.3) is 0 Å². The van der Waals surface area contributed by atoms with Crippen molar-refractivity contribution in [1.29, 1.82) is 0 Å². The second-order valence-electron chi connectivity index (χ2n) is 12.5. The van der Waals surface area contributed by atoms with Crippen LogP contribution in [-0.4, -0.2) is 44.5 Å². The molecule has 2 saturated carbocycles. The van der Waals surface area contributed by atoms with Crippen LogP contribution in [0, 0.1) is 0 Å². The first-order valence-corrected chi connectivity index (χ1v) is 15.6. The quantitative estimate of drug-likeness (QED) is 0.311. The highest BCUT2D eigenvalue weighted by Crippen LogP contribution is 2.45. The molecule has 6 nitrogen and oxygen atoms in total. The van der Waals surface area contributed by atoms with Gasteiger partial charge in [0.2, 0.25) is 0 Å². The summed E-state index contributed by atoms with van der Waals surface area (Å²) in [5, 5.41) is 8.31. The molecule has 1 N–H and O–H groups in total. The normalized spacial score (nSPS) is 21.4. The number of pyridine rings is 1. The van der Waals surface area contributed by atoms with Crippen molar-refractivity contribution in [3.05, 3.63) is 76.9 Å². The van der Waals surface area contributed by atoms with Crippen molar-refractivity contribution in [3.63, 3.8) is 0 Å². The van der Waals surface area contributed by atoms with E-state index in [1.807, 2.05) is 16.7 Å². The van der Waals surface area contributed by atoms with Crippen LogP contribution in [0.5, 0.6) is 0 Å². The van der Waals surface area contributed by atoms with Crippen LogP contribution in [0.1, 0.15) is 105 Å². The summed E-state index contributed by atoms with van der Waals surface area (Å²) < 4.78 is 2.20. The highest BCUT2D eigenvalue weighted by atomic mass is 32.2. The van der Waals surface area contributed by atoms with Crippen molar-refractivity contribution in [2.75, 3.05) is 18.8 Å². The van der Waals surface area contributed by atoms with Crippen LogP contribution in [0.2, 0.25) is 0 Å². The van der Waals surface area contributed by atoms with Gasteiger partial charge in [0, 0.05) is 65.3 Å². The summed E-state index contributed by atoms with van der Waals surface area (Å²) in [5.41, 5.74) is 5.83. The summed E-state index contributed by atoms with van der Waals surface area (Å²) in [7, 11) is 0. The maximum atomic E-state index is 13.5. The van der Waals surface area contributed by atoms with Crippen molar-refractivity contribution < 1.29 is 4.79 Å². The summed E-state index contributed by atoms with van der Waals surface area (Å²) in [5.74, 6) is 1.99. The van der Waals surface area contributed by atoms with Gasteiger partial charge in [-0.2, -0.15) is 5.10 Å². The third-order valence-electron chi connectivity index (χ3n) is 8.24. The van der Waals surface area contributed by atoms with E-state index in [-0.39, 0.29) is 23.3 Å². The fourth-order valence-electron chi connectivity index (χ4n) is 5.81. The average molecular weight is 544 g/mol. The smallest absolute Gasteiger partial charge is 0.317 e. The van der Waals surface area contributed by atoms with E-state index in [4.69, 9.17) is 10.1 Å². The zero-order chi connectivity index (χ0) is 27.1. The number of amides is 2. The Morgan fingerprint density at radius 2 is 1.72 bits per heavy atom. The first-order valence-electron chi connectivity index (χ1n) is 14.6. The Bertz CT molecular complexity index is 1320. The molecule has 6 rings (SSSR count). The molecule has 0 bridgehead atoms. The topological polar surface area (TPSA) is 63.1 Å². The number of carbonyl (C=O) groups is 1. The SMILES string of the molecule is CCSc1ccc(CNC(=O)N2CC(c3cccc(C4CC4)n3)C(c3cn(C4CC4)nc3C(C)(C)C)C2)cc1. The van der Waals surface area contributed by atoms with Gasteiger partial charge in [0.15, 0.2) is 0 Å². The monoisotopic (exact) mass is 543 g/mol. The summed E-state index contributed by atoms with van der Waals surface area (Å²) in [6, 6.07) is 15.5. The molecule has 1 aromatic carbocycles. The summed E-state index contributed by atoms with van der Waals surface area (Å²) >= 11 is 1.83. The Kier molecular flexibility index (Phi) is 7.21. The zero-order valence-electron chi connectivity index (χ0n) is 23.7. The van der Waals surface area contributed by atoms with E-state index < -0.39 is 0 Å². The zero-order valence-corrected chi connectivity index (χ0v) is 24.5. The molecule has 3 aromatic rings. The van der Waals surface area contributed by atoms with Crippen LogP contribution in [0.4, 0.5) is 4.79 Å². The maximum absolute atomic E-state index is 13.5. The minimum Gasteiger partial charge on any atom is -0.334 e. The number of nitrogens with one attached hydrogen (secondary N) is 1. The first-order chi connectivity index (χ1) is 18.8. The van der Waals surface area contributed by atoms with Crippen LogP contribution in [0.15, 0.2) is 53.6 Å². The van der Waals surface area contributed by atoms with Gasteiger partial charge in [-0.25, -0.2) is 4.79 Å². The van der Waals surface area contributed by atoms with Crippen molar-refractivity contribution >= 4 is 17.8 Å². The summed E-state index contributed by atoms with van der Waals surface area (Å²) in [4.78, 5) is 21.9. The van der Waals surface area contributed by atoms with Gasteiger partial charge in [0.1, 0.15) is 0 Å². The number of hydrogen-bond donors (Lipinski definition) is 1. The van der Waals surface area contributed by atoms with E-state index in [9.17, 15) is 4.79 Å². The predicted molar refractivity (Wildman–Crippen MR) is 158 cm³/mol. The van der Waals surface area contributed by atoms with Gasteiger partial charge in [-0.3, -0.25) is 9.67 Å². The van der Waals surface area contributed by atoms with Crippen molar-refractivity contribution in [2.45, 2.75) is 94.0 Å². The molecule has 1 saturated heterocycles. The standard InChI is InChI=1S/C32H41N5OS/c1-5-39-24-15-9-21(10-16-24)17-33-31(38)36-18-25(26(19-36)29-8-6-7-28(34-29)22-11-12-22)27-20-37(23-13-14-23)35-30(27)32(2,3)4/h6-10,15-16,20,22-23,25-26H,5,11-14,17-19H2,1-4H3,(H,33,38). The highest BCUT2D eigenvalue weighted by Gasteiger charge is 2.42. The minimum atomic E-state index is -0.0682. The van der Waals surface area contributed by atoms with Crippen molar-refractivity contribution in [3.8, 4) is 0 Å². The second-order valence-corrected chi connectivity index (χ2v) is 13.8. The van der Waals surface area contributed by atoms with E-state index in [0.717, 1.165) is 22.7 Å². The van der Waals surface area contributed by atoms with E-state index in [1.165, 1.54) is 41.8 Å². The molecule has 2 aliphatic carbocycles. The lowest BCUT2D eigenvalue weighted by Gasteiger charge is -2.23. The Labute approximate surface area is 237 Å². The number of thioether (sulfide) groups is 1. The number of urea groups is 1. The predicted octanol–water partition coefficient (Wildman–Crippen LogP) is 6.99. The van der Waals surface area contributed by atoms with Crippen LogP contribution >= 0.6 is 11.8 Å². The van der Waals surface area contributed by atoms with Crippen molar-refractivity contribution in [1.82, 2.24) is 25.0 Å². The maximum Gasteiger partial charge on any atom is 0.317 e. The second kappa shape index (κ2) is 10.6. The molecule has 0 radical (unpaired) electrons. The lowest BCUT2D eigenvalue weighted by Crippen LogP contribution is -2.38. The Morgan fingerprint density at radius 1 is 1.00 bits per heavy atom. The van der Waals surface area contributed by atoms with Gasteiger partial charge in [-0.05, 0) is 66.8 Å². The van der Waals surface area contributed by atoms with Gasteiger partial charge in [-0.1, -0.05) is 45.9 Å². The van der Waals surface area contributed by atoms with Crippen molar-refractivity contribution in [2.24, 2.45) is 0 Å². The molecule has 2 atom stereocenters. The number of rotatable bonds is 8. The molecular formula is C32H41N5OS. The molecule has 0 spiro atoms. The third-order valence-corrected chi connectivity index (χ3v) is 9.14. The lowest BCUT2D eigenvalue weighted by atomic mass is 9.80. The third kappa shape index (κ3) is 5.88. The molecule has 1 aliphatic heterocycles. The molecule has 206 valence electrons. The summed E-state index contributed by atoms with van der Waals surface area (Å²) in [6.07, 6.45) is 7.17. The number of hydrogen-bond acceptors (Lipinski definition) is 4. The molecule has 7 heteroatoms. The summed E-state index contributed by atoms with van der Waals surface area (Å²) in [6.45, 7) is 10.8. The van der Waals surface area contributed by atoms with Gasteiger partial charge in [-0.15, -0.1) is 11.8 Å². The molecule has 39 heavy (non-hydrogen) atoms. The average Bonchev–Trinajstić information content (AvgIpc) is 3.86. The Balaban J connectivity index is 1.26.